The van der Waals surface area contributed by atoms with Crippen molar-refractivity contribution in [2.75, 3.05) is 18.5 Å². The van der Waals surface area contributed by atoms with Crippen molar-refractivity contribution in [3.63, 3.8) is 0 Å². The van der Waals surface area contributed by atoms with Crippen molar-refractivity contribution in [2.45, 2.75) is 47.0 Å². The molecule has 2 nitrogen and oxygen atoms in total. The summed E-state index contributed by atoms with van der Waals surface area (Å²) in [6, 6.07) is 8.19. The number of rotatable bonds is 7. The Bertz CT molecular complexity index is 341. The number of ether oxygens (including phenoxy) is 1. The summed E-state index contributed by atoms with van der Waals surface area (Å²) in [5, 5.41) is 3.47. The second-order valence-corrected chi connectivity index (χ2v) is 5.97. The van der Waals surface area contributed by atoms with Crippen LogP contribution in [0, 0.1) is 5.41 Å². The quantitative estimate of drug-likeness (QED) is 0.706. The molecule has 0 radical (unpaired) electrons. The molecule has 0 heterocycles. The minimum Gasteiger partial charge on any atom is -0.491 e. The first-order chi connectivity index (χ1) is 8.53. The maximum absolute atomic E-state index is 5.84. The van der Waals surface area contributed by atoms with Crippen LogP contribution in [0.5, 0.6) is 5.75 Å². The predicted molar refractivity (Wildman–Crippen MR) is 79.4 cm³/mol. The van der Waals surface area contributed by atoms with E-state index in [0.717, 1.165) is 31.0 Å². The molecule has 1 N–H and O–H groups in total. The van der Waals surface area contributed by atoms with Gasteiger partial charge in [0.05, 0.1) is 12.3 Å². The fraction of sp³-hybridized carbons (Fsp3) is 0.625. The number of hydrogen-bond donors (Lipinski definition) is 1. The van der Waals surface area contributed by atoms with Crippen molar-refractivity contribution in [1.82, 2.24) is 0 Å². The Morgan fingerprint density at radius 3 is 2.50 bits per heavy atom. The maximum atomic E-state index is 5.84. The average Bonchev–Trinajstić information content (AvgIpc) is 2.32. The summed E-state index contributed by atoms with van der Waals surface area (Å²) in [4.78, 5) is 0. The fourth-order valence-electron chi connectivity index (χ4n) is 1.63. The van der Waals surface area contributed by atoms with E-state index in [-0.39, 0.29) is 5.41 Å². The third-order valence-corrected chi connectivity index (χ3v) is 2.70. The van der Waals surface area contributed by atoms with E-state index in [1.165, 1.54) is 12.8 Å². The second kappa shape index (κ2) is 7.30. The molecule has 0 saturated carbocycles. The van der Waals surface area contributed by atoms with Crippen LogP contribution in [0.1, 0.15) is 47.0 Å². The van der Waals surface area contributed by atoms with Gasteiger partial charge in [-0.15, -0.1) is 0 Å². The van der Waals surface area contributed by atoms with Crippen molar-refractivity contribution >= 4 is 5.69 Å². The van der Waals surface area contributed by atoms with E-state index in [1.54, 1.807) is 0 Å². The lowest BCUT2D eigenvalue weighted by atomic mass is 9.97. The Morgan fingerprint density at radius 1 is 1.11 bits per heavy atom. The van der Waals surface area contributed by atoms with Crippen molar-refractivity contribution in [3.05, 3.63) is 24.3 Å². The Kier molecular flexibility index (Phi) is 6.03. The Hall–Kier alpha value is -1.18. The van der Waals surface area contributed by atoms with Crippen LogP contribution in [0.2, 0.25) is 0 Å². The van der Waals surface area contributed by atoms with E-state index in [9.17, 15) is 0 Å². The molecule has 1 rings (SSSR count). The molecule has 0 spiro atoms. The SMILES string of the molecule is CCCCCOc1ccccc1NCC(C)(C)C. The molecule has 0 fully saturated rings. The van der Waals surface area contributed by atoms with Crippen LogP contribution >= 0.6 is 0 Å². The molecule has 2 heteroatoms. The monoisotopic (exact) mass is 249 g/mol. The first kappa shape index (κ1) is 14.9. The number of benzene rings is 1. The van der Waals surface area contributed by atoms with Gasteiger partial charge in [0.25, 0.3) is 0 Å². The van der Waals surface area contributed by atoms with Crippen LogP contribution in [-0.2, 0) is 0 Å². The minimum atomic E-state index is 0.273. The van der Waals surface area contributed by atoms with Crippen LogP contribution in [0.3, 0.4) is 0 Å². The zero-order valence-electron chi connectivity index (χ0n) is 12.3. The van der Waals surface area contributed by atoms with Gasteiger partial charge in [-0.3, -0.25) is 0 Å². The minimum absolute atomic E-state index is 0.273. The predicted octanol–water partition coefficient (Wildman–Crippen LogP) is 4.71. The zero-order valence-corrected chi connectivity index (χ0v) is 12.3. The zero-order chi connectivity index (χ0) is 13.4. The van der Waals surface area contributed by atoms with Gasteiger partial charge >= 0.3 is 0 Å². The fourth-order valence-corrected chi connectivity index (χ4v) is 1.63. The van der Waals surface area contributed by atoms with Crippen LogP contribution in [0.4, 0.5) is 5.69 Å². The molecule has 0 aliphatic rings. The van der Waals surface area contributed by atoms with Gasteiger partial charge in [-0.2, -0.15) is 0 Å². The number of unbranched alkanes of at least 4 members (excludes halogenated alkanes) is 2. The van der Waals surface area contributed by atoms with E-state index < -0.39 is 0 Å². The lowest BCUT2D eigenvalue weighted by Gasteiger charge is -2.21. The summed E-state index contributed by atoms with van der Waals surface area (Å²) < 4.78 is 5.84. The molecule has 1 aromatic rings. The molecule has 0 aliphatic carbocycles. The Morgan fingerprint density at radius 2 is 1.83 bits per heavy atom. The van der Waals surface area contributed by atoms with Gasteiger partial charge in [0.15, 0.2) is 0 Å². The van der Waals surface area contributed by atoms with Gasteiger partial charge in [0, 0.05) is 6.54 Å². The number of hydrogen-bond acceptors (Lipinski definition) is 2. The molecule has 102 valence electrons. The summed E-state index contributed by atoms with van der Waals surface area (Å²) >= 11 is 0. The molecule has 0 unspecified atom stereocenters. The van der Waals surface area contributed by atoms with Crippen molar-refractivity contribution < 1.29 is 4.74 Å². The van der Waals surface area contributed by atoms with Gasteiger partial charge in [-0.05, 0) is 24.0 Å². The van der Waals surface area contributed by atoms with Gasteiger partial charge < -0.3 is 10.1 Å². The number of nitrogens with one attached hydrogen (secondary N) is 1. The molecule has 1 aromatic carbocycles. The van der Waals surface area contributed by atoms with Gasteiger partial charge in [-0.25, -0.2) is 0 Å². The smallest absolute Gasteiger partial charge is 0.142 e. The van der Waals surface area contributed by atoms with Crippen molar-refractivity contribution in [2.24, 2.45) is 5.41 Å². The molecule has 0 atom stereocenters. The summed E-state index contributed by atoms with van der Waals surface area (Å²) in [5.74, 6) is 0.970. The van der Waals surface area contributed by atoms with Crippen LogP contribution in [-0.4, -0.2) is 13.2 Å². The molecule has 0 bridgehead atoms. The van der Waals surface area contributed by atoms with E-state index >= 15 is 0 Å². The van der Waals surface area contributed by atoms with Crippen LogP contribution in [0.25, 0.3) is 0 Å². The maximum Gasteiger partial charge on any atom is 0.142 e. The largest absolute Gasteiger partial charge is 0.491 e. The van der Waals surface area contributed by atoms with Crippen molar-refractivity contribution in [1.29, 1.82) is 0 Å². The standard InChI is InChI=1S/C16H27NO/c1-5-6-9-12-18-15-11-8-7-10-14(15)17-13-16(2,3)4/h7-8,10-11,17H,5-6,9,12-13H2,1-4H3. The Labute approximate surface area is 112 Å². The molecule has 0 amide bonds. The van der Waals surface area contributed by atoms with Gasteiger partial charge in [0.2, 0.25) is 0 Å². The van der Waals surface area contributed by atoms with Gasteiger partial charge in [0.1, 0.15) is 5.75 Å². The lowest BCUT2D eigenvalue weighted by molar-refractivity contribution is 0.307. The molecular formula is C16H27NO. The topological polar surface area (TPSA) is 21.3 Å². The highest BCUT2D eigenvalue weighted by Gasteiger charge is 2.11. The number of para-hydroxylation sites is 2. The first-order valence-corrected chi connectivity index (χ1v) is 6.98. The average molecular weight is 249 g/mol. The molecule has 0 aromatic heterocycles. The second-order valence-electron chi connectivity index (χ2n) is 5.97. The lowest BCUT2D eigenvalue weighted by Crippen LogP contribution is -2.19. The van der Waals surface area contributed by atoms with Crippen LogP contribution < -0.4 is 10.1 Å². The van der Waals surface area contributed by atoms with Crippen LogP contribution in [0.15, 0.2) is 24.3 Å². The summed E-state index contributed by atoms with van der Waals surface area (Å²) in [6.45, 7) is 10.6. The highest BCUT2D eigenvalue weighted by Crippen LogP contribution is 2.25. The summed E-state index contributed by atoms with van der Waals surface area (Å²) in [6.07, 6.45) is 3.59. The number of anilines is 1. The highest BCUT2D eigenvalue weighted by molar-refractivity contribution is 5.56. The first-order valence-electron chi connectivity index (χ1n) is 6.98. The third-order valence-electron chi connectivity index (χ3n) is 2.70. The van der Waals surface area contributed by atoms with Crippen molar-refractivity contribution in [3.8, 4) is 5.75 Å². The van der Waals surface area contributed by atoms with E-state index in [0.29, 0.717) is 0 Å². The van der Waals surface area contributed by atoms with E-state index in [1.807, 2.05) is 18.2 Å². The molecule has 18 heavy (non-hydrogen) atoms. The molecular weight excluding hydrogens is 222 g/mol. The highest BCUT2D eigenvalue weighted by atomic mass is 16.5. The molecule has 0 aliphatic heterocycles. The normalized spacial score (nSPS) is 11.3. The van der Waals surface area contributed by atoms with E-state index in [2.05, 4.69) is 39.1 Å². The molecule has 0 saturated heterocycles. The summed E-state index contributed by atoms with van der Waals surface area (Å²) in [5.41, 5.74) is 1.37. The Balaban J connectivity index is 2.51. The third kappa shape index (κ3) is 5.95. The summed E-state index contributed by atoms with van der Waals surface area (Å²) in [7, 11) is 0. The van der Waals surface area contributed by atoms with Gasteiger partial charge in [-0.1, -0.05) is 52.7 Å². The van der Waals surface area contributed by atoms with E-state index in [4.69, 9.17) is 4.74 Å².